The minimum absolute atomic E-state index is 0.0942. The molecule has 4 rings (SSSR count). The van der Waals surface area contributed by atoms with Crippen molar-refractivity contribution in [3.05, 3.63) is 54.5 Å². The van der Waals surface area contributed by atoms with Crippen molar-refractivity contribution in [3.63, 3.8) is 0 Å². The number of H-pyrrole nitrogens is 1. The summed E-state index contributed by atoms with van der Waals surface area (Å²) in [7, 11) is -0.655. The number of nitrogens with zero attached hydrogens (tertiary/aromatic N) is 4. The molecule has 0 fully saturated rings. The number of nitrogens with one attached hydrogen (secondary N) is 2. The number of aromatic amines is 1. The SMILES string of the molecule is COc1ccc2[nH]cc(CCNS(=O)(=O)c3ccc(-n4cnnn4)c(OC)c3)c2c1. The van der Waals surface area contributed by atoms with Crippen LogP contribution in [0.5, 0.6) is 11.5 Å². The Morgan fingerprint density at radius 3 is 2.73 bits per heavy atom. The lowest BCUT2D eigenvalue weighted by molar-refractivity contribution is 0.410. The second-order valence-electron chi connectivity index (χ2n) is 6.46. The Morgan fingerprint density at radius 1 is 1.13 bits per heavy atom. The van der Waals surface area contributed by atoms with Gasteiger partial charge in [0.25, 0.3) is 0 Å². The zero-order valence-electron chi connectivity index (χ0n) is 16.4. The molecule has 11 heteroatoms. The molecule has 0 radical (unpaired) electrons. The summed E-state index contributed by atoms with van der Waals surface area (Å²) in [5.41, 5.74) is 2.50. The number of aromatic nitrogens is 5. The zero-order valence-corrected chi connectivity index (χ0v) is 17.2. The Balaban J connectivity index is 1.50. The summed E-state index contributed by atoms with van der Waals surface area (Å²) in [5.74, 6) is 1.09. The van der Waals surface area contributed by atoms with Crippen LogP contribution in [0.4, 0.5) is 0 Å². The van der Waals surface area contributed by atoms with E-state index in [4.69, 9.17) is 9.47 Å². The first-order valence-corrected chi connectivity index (χ1v) is 10.6. The maximum atomic E-state index is 12.7. The molecule has 4 aromatic rings. The fourth-order valence-electron chi connectivity index (χ4n) is 3.18. The molecule has 2 N–H and O–H groups in total. The Morgan fingerprint density at radius 2 is 2.00 bits per heavy atom. The molecule has 0 bridgehead atoms. The van der Waals surface area contributed by atoms with Crippen LogP contribution in [0.3, 0.4) is 0 Å². The van der Waals surface area contributed by atoms with Gasteiger partial charge in [-0.05, 0) is 52.7 Å². The third kappa shape index (κ3) is 3.84. The Bertz CT molecular complexity index is 1270. The first kappa shape index (κ1) is 19.9. The van der Waals surface area contributed by atoms with Gasteiger partial charge in [0.1, 0.15) is 23.5 Å². The van der Waals surface area contributed by atoms with E-state index in [1.54, 1.807) is 13.2 Å². The maximum Gasteiger partial charge on any atom is 0.240 e. The molecule has 10 nitrogen and oxygen atoms in total. The lowest BCUT2D eigenvalue weighted by Crippen LogP contribution is -2.26. The summed E-state index contributed by atoms with van der Waals surface area (Å²) >= 11 is 0. The highest BCUT2D eigenvalue weighted by Gasteiger charge is 2.18. The van der Waals surface area contributed by atoms with E-state index in [1.165, 1.54) is 30.3 Å². The fraction of sp³-hybridized carbons (Fsp3) is 0.211. The molecule has 0 unspecified atom stereocenters. The lowest BCUT2D eigenvalue weighted by Gasteiger charge is -2.11. The second-order valence-corrected chi connectivity index (χ2v) is 8.23. The lowest BCUT2D eigenvalue weighted by atomic mass is 10.1. The van der Waals surface area contributed by atoms with E-state index in [0.717, 1.165) is 22.2 Å². The van der Waals surface area contributed by atoms with Crippen LogP contribution in [0.25, 0.3) is 16.6 Å². The molecular weight excluding hydrogens is 408 g/mol. The average molecular weight is 428 g/mol. The highest BCUT2D eigenvalue weighted by molar-refractivity contribution is 7.89. The van der Waals surface area contributed by atoms with E-state index in [2.05, 4.69) is 25.2 Å². The van der Waals surface area contributed by atoms with E-state index < -0.39 is 10.0 Å². The van der Waals surface area contributed by atoms with Crippen LogP contribution >= 0.6 is 0 Å². The highest BCUT2D eigenvalue weighted by Crippen LogP contribution is 2.26. The fourth-order valence-corrected chi connectivity index (χ4v) is 4.23. The van der Waals surface area contributed by atoms with Gasteiger partial charge in [-0.3, -0.25) is 0 Å². The predicted molar refractivity (Wildman–Crippen MR) is 109 cm³/mol. The van der Waals surface area contributed by atoms with E-state index in [0.29, 0.717) is 17.9 Å². The summed E-state index contributed by atoms with van der Waals surface area (Å²) in [6.45, 7) is 0.240. The molecule has 0 aliphatic rings. The second kappa shape index (κ2) is 8.13. The van der Waals surface area contributed by atoms with Crippen molar-refractivity contribution >= 4 is 20.9 Å². The van der Waals surface area contributed by atoms with E-state index in [1.807, 2.05) is 24.4 Å². The number of sulfonamides is 1. The van der Waals surface area contributed by atoms with Gasteiger partial charge in [-0.1, -0.05) is 0 Å². The Hall–Kier alpha value is -3.44. The van der Waals surface area contributed by atoms with Gasteiger partial charge in [0.15, 0.2) is 0 Å². The zero-order chi connectivity index (χ0) is 21.1. The Kier molecular flexibility index (Phi) is 5.38. The van der Waals surface area contributed by atoms with Crippen molar-refractivity contribution in [2.75, 3.05) is 20.8 Å². The number of tetrazole rings is 1. The first-order valence-electron chi connectivity index (χ1n) is 9.07. The average Bonchev–Trinajstić information content (AvgIpc) is 3.43. The minimum atomic E-state index is -3.72. The minimum Gasteiger partial charge on any atom is -0.497 e. The monoisotopic (exact) mass is 428 g/mol. The van der Waals surface area contributed by atoms with Crippen molar-refractivity contribution in [2.24, 2.45) is 0 Å². The molecule has 0 aliphatic carbocycles. The molecular formula is C19H20N6O4S. The van der Waals surface area contributed by atoms with Gasteiger partial charge in [0, 0.05) is 29.7 Å². The molecule has 0 spiro atoms. The summed E-state index contributed by atoms with van der Waals surface area (Å²) < 4.78 is 40.1. The van der Waals surface area contributed by atoms with Crippen molar-refractivity contribution < 1.29 is 17.9 Å². The summed E-state index contributed by atoms with van der Waals surface area (Å²) in [6.07, 6.45) is 3.80. The van der Waals surface area contributed by atoms with E-state index in [-0.39, 0.29) is 11.4 Å². The third-order valence-corrected chi connectivity index (χ3v) is 6.18. The van der Waals surface area contributed by atoms with Crippen LogP contribution in [0, 0.1) is 0 Å². The van der Waals surface area contributed by atoms with Gasteiger partial charge in [0.05, 0.1) is 19.1 Å². The van der Waals surface area contributed by atoms with Gasteiger partial charge in [0.2, 0.25) is 10.0 Å². The van der Waals surface area contributed by atoms with Crippen LogP contribution in [0.2, 0.25) is 0 Å². The van der Waals surface area contributed by atoms with Gasteiger partial charge in [-0.2, -0.15) is 4.68 Å². The third-order valence-electron chi connectivity index (χ3n) is 4.72. The van der Waals surface area contributed by atoms with Crippen molar-refractivity contribution in [1.82, 2.24) is 29.9 Å². The Labute approximate surface area is 172 Å². The molecule has 30 heavy (non-hydrogen) atoms. The predicted octanol–water partition coefficient (Wildman–Crippen LogP) is 1.68. The number of fused-ring (bicyclic) bond motifs is 1. The molecule has 2 aromatic heterocycles. The smallest absolute Gasteiger partial charge is 0.240 e. The number of rotatable bonds is 8. The summed E-state index contributed by atoms with van der Waals surface area (Å²) in [5, 5.41) is 12.0. The quantitative estimate of drug-likeness (QED) is 0.437. The number of hydrogen-bond acceptors (Lipinski definition) is 7. The summed E-state index contributed by atoms with van der Waals surface area (Å²) in [6, 6.07) is 10.3. The van der Waals surface area contributed by atoms with Crippen LogP contribution in [0.1, 0.15) is 5.56 Å². The van der Waals surface area contributed by atoms with E-state index >= 15 is 0 Å². The number of ether oxygens (including phenoxy) is 2. The van der Waals surface area contributed by atoms with Crippen molar-refractivity contribution in [1.29, 1.82) is 0 Å². The standard InChI is InChI=1S/C19H20N6O4S/c1-28-14-3-5-17-16(9-14)13(11-20-17)7-8-22-30(26,27)15-4-6-18(19(10-15)29-2)25-12-21-23-24-25/h3-6,9-12,20,22H,7-8H2,1-2H3. The van der Waals surface area contributed by atoms with Crippen LogP contribution in [0.15, 0.2) is 53.8 Å². The van der Waals surface area contributed by atoms with Gasteiger partial charge >= 0.3 is 0 Å². The molecule has 2 heterocycles. The van der Waals surface area contributed by atoms with Gasteiger partial charge in [-0.15, -0.1) is 5.10 Å². The largest absolute Gasteiger partial charge is 0.497 e. The molecule has 0 saturated heterocycles. The molecule has 0 amide bonds. The molecule has 0 aliphatic heterocycles. The topological polar surface area (TPSA) is 124 Å². The highest BCUT2D eigenvalue weighted by atomic mass is 32.2. The normalized spacial score (nSPS) is 11.7. The number of methoxy groups -OCH3 is 2. The first-order chi connectivity index (χ1) is 14.5. The van der Waals surface area contributed by atoms with Gasteiger partial charge in [-0.25, -0.2) is 13.1 Å². The molecule has 156 valence electrons. The van der Waals surface area contributed by atoms with Crippen LogP contribution < -0.4 is 14.2 Å². The summed E-state index contributed by atoms with van der Waals surface area (Å²) in [4.78, 5) is 3.28. The van der Waals surface area contributed by atoms with Gasteiger partial charge < -0.3 is 14.5 Å². The molecule has 0 atom stereocenters. The number of benzene rings is 2. The van der Waals surface area contributed by atoms with Crippen molar-refractivity contribution in [2.45, 2.75) is 11.3 Å². The number of hydrogen-bond donors (Lipinski definition) is 2. The molecule has 0 saturated carbocycles. The van der Waals surface area contributed by atoms with Crippen molar-refractivity contribution in [3.8, 4) is 17.2 Å². The molecule has 2 aromatic carbocycles. The maximum absolute atomic E-state index is 12.7. The van der Waals surface area contributed by atoms with Crippen LogP contribution in [-0.2, 0) is 16.4 Å². The van der Waals surface area contributed by atoms with Crippen LogP contribution in [-0.4, -0.2) is 54.4 Å². The van der Waals surface area contributed by atoms with E-state index in [9.17, 15) is 8.42 Å².